The van der Waals surface area contributed by atoms with E-state index in [0.717, 1.165) is 31.9 Å². The molecule has 1 fully saturated rings. The Morgan fingerprint density at radius 1 is 1.69 bits per heavy atom. The summed E-state index contributed by atoms with van der Waals surface area (Å²) in [6.07, 6.45) is 3.02. The minimum atomic E-state index is 0.459. The Morgan fingerprint density at radius 3 is 3.23 bits per heavy atom. The molecule has 1 aromatic heterocycles. The van der Waals surface area contributed by atoms with Crippen molar-refractivity contribution in [3.63, 3.8) is 0 Å². The van der Waals surface area contributed by atoms with Crippen molar-refractivity contribution >= 4 is 0 Å². The molecule has 2 N–H and O–H groups in total. The van der Waals surface area contributed by atoms with Gasteiger partial charge in [-0.15, -0.1) is 5.10 Å². The second-order valence-electron chi connectivity index (χ2n) is 3.37. The molecule has 0 unspecified atom stereocenters. The van der Waals surface area contributed by atoms with Crippen LogP contribution in [0.25, 0.3) is 0 Å². The molecule has 0 amide bonds. The normalized spacial score (nSPS) is 22.4. The third kappa shape index (κ3) is 2.05. The maximum atomic E-state index is 5.43. The van der Waals surface area contributed by atoms with Crippen LogP contribution < -0.4 is 5.73 Å². The summed E-state index contributed by atoms with van der Waals surface area (Å²) in [6, 6.07) is 0. The van der Waals surface area contributed by atoms with E-state index in [1.807, 2.05) is 10.9 Å². The molecule has 1 saturated heterocycles. The Kier molecular flexibility index (Phi) is 2.56. The van der Waals surface area contributed by atoms with Crippen molar-refractivity contribution in [3.8, 4) is 0 Å². The summed E-state index contributed by atoms with van der Waals surface area (Å²) in [6.45, 7) is 3.08. The molecule has 2 rings (SSSR count). The van der Waals surface area contributed by atoms with E-state index in [4.69, 9.17) is 10.5 Å². The molecule has 5 heteroatoms. The van der Waals surface area contributed by atoms with Crippen molar-refractivity contribution in [3.05, 3.63) is 11.9 Å². The third-order valence-corrected chi connectivity index (χ3v) is 2.26. The number of aromatic nitrogens is 3. The molecule has 1 aliphatic rings. The highest BCUT2D eigenvalue weighted by Crippen LogP contribution is 2.13. The number of nitrogens with zero attached hydrogens (tertiary/aromatic N) is 3. The van der Waals surface area contributed by atoms with Crippen LogP contribution in [0.1, 0.15) is 12.1 Å². The van der Waals surface area contributed by atoms with E-state index in [2.05, 4.69) is 10.3 Å². The van der Waals surface area contributed by atoms with Crippen molar-refractivity contribution < 1.29 is 4.74 Å². The minimum Gasteiger partial charge on any atom is -0.381 e. The summed E-state index contributed by atoms with van der Waals surface area (Å²) >= 11 is 0. The van der Waals surface area contributed by atoms with Crippen LogP contribution in [0.4, 0.5) is 0 Å². The van der Waals surface area contributed by atoms with Crippen LogP contribution in [0.3, 0.4) is 0 Å². The first kappa shape index (κ1) is 8.65. The number of nitrogens with two attached hydrogens (primary N) is 1. The van der Waals surface area contributed by atoms with Crippen LogP contribution in [-0.4, -0.2) is 28.2 Å². The van der Waals surface area contributed by atoms with Gasteiger partial charge in [0.2, 0.25) is 0 Å². The Labute approximate surface area is 76.9 Å². The molecule has 72 valence electrons. The molecule has 5 nitrogen and oxygen atoms in total. The molecule has 0 saturated carbocycles. The highest BCUT2D eigenvalue weighted by molar-refractivity contribution is 4.90. The van der Waals surface area contributed by atoms with Gasteiger partial charge in [-0.2, -0.15) is 0 Å². The highest BCUT2D eigenvalue weighted by Gasteiger charge is 2.16. The molecule has 0 aromatic carbocycles. The molecule has 2 heterocycles. The van der Waals surface area contributed by atoms with E-state index in [1.54, 1.807) is 0 Å². The van der Waals surface area contributed by atoms with Gasteiger partial charge in [0.25, 0.3) is 0 Å². The van der Waals surface area contributed by atoms with Crippen LogP contribution in [0.15, 0.2) is 6.20 Å². The van der Waals surface area contributed by atoms with Gasteiger partial charge in [-0.25, -0.2) is 0 Å². The molecular formula is C8H14N4O. The third-order valence-electron chi connectivity index (χ3n) is 2.26. The Balaban J connectivity index is 1.92. The van der Waals surface area contributed by atoms with E-state index in [9.17, 15) is 0 Å². The molecular weight excluding hydrogens is 168 g/mol. The molecule has 0 radical (unpaired) electrons. The quantitative estimate of drug-likeness (QED) is 0.701. The highest BCUT2D eigenvalue weighted by atomic mass is 16.5. The van der Waals surface area contributed by atoms with Crippen LogP contribution in [0.2, 0.25) is 0 Å². The van der Waals surface area contributed by atoms with Gasteiger partial charge >= 0.3 is 0 Å². The van der Waals surface area contributed by atoms with E-state index in [-0.39, 0.29) is 0 Å². The smallest absolute Gasteiger partial charge is 0.0962 e. The summed E-state index contributed by atoms with van der Waals surface area (Å²) in [5.74, 6) is 0.590. The lowest BCUT2D eigenvalue weighted by Gasteiger charge is -2.05. The lowest BCUT2D eigenvalue weighted by Crippen LogP contribution is -2.11. The Hall–Kier alpha value is -0.940. The molecule has 0 bridgehead atoms. The standard InChI is InChI=1S/C8H14N4O/c9-3-8-5-12(11-10-8)4-7-1-2-13-6-7/h5,7H,1-4,6,9H2/t7-/m0/s1. The van der Waals surface area contributed by atoms with E-state index < -0.39 is 0 Å². The molecule has 0 spiro atoms. The van der Waals surface area contributed by atoms with Gasteiger partial charge in [0.1, 0.15) is 0 Å². The monoisotopic (exact) mass is 182 g/mol. The summed E-state index contributed by atoms with van der Waals surface area (Å²) in [4.78, 5) is 0. The average molecular weight is 182 g/mol. The maximum Gasteiger partial charge on any atom is 0.0962 e. The van der Waals surface area contributed by atoms with Crippen molar-refractivity contribution in [2.24, 2.45) is 11.7 Å². The second-order valence-corrected chi connectivity index (χ2v) is 3.37. The van der Waals surface area contributed by atoms with Crippen LogP contribution in [-0.2, 0) is 17.8 Å². The first-order valence-electron chi connectivity index (χ1n) is 4.55. The predicted molar refractivity (Wildman–Crippen MR) is 46.8 cm³/mol. The van der Waals surface area contributed by atoms with Crippen molar-refractivity contribution in [1.82, 2.24) is 15.0 Å². The van der Waals surface area contributed by atoms with Gasteiger partial charge in [0.05, 0.1) is 12.3 Å². The minimum absolute atomic E-state index is 0.459. The van der Waals surface area contributed by atoms with Crippen LogP contribution in [0.5, 0.6) is 0 Å². The number of ether oxygens (including phenoxy) is 1. The number of hydrogen-bond acceptors (Lipinski definition) is 4. The van der Waals surface area contributed by atoms with Gasteiger partial charge in [0.15, 0.2) is 0 Å². The number of hydrogen-bond donors (Lipinski definition) is 1. The largest absolute Gasteiger partial charge is 0.381 e. The lowest BCUT2D eigenvalue weighted by molar-refractivity contribution is 0.181. The van der Waals surface area contributed by atoms with Crippen LogP contribution in [0, 0.1) is 5.92 Å². The van der Waals surface area contributed by atoms with Crippen molar-refractivity contribution in [2.45, 2.75) is 19.5 Å². The molecule has 1 aromatic rings. The van der Waals surface area contributed by atoms with E-state index in [1.165, 1.54) is 0 Å². The molecule has 13 heavy (non-hydrogen) atoms. The zero-order chi connectivity index (χ0) is 9.10. The van der Waals surface area contributed by atoms with E-state index >= 15 is 0 Å². The van der Waals surface area contributed by atoms with Gasteiger partial charge in [-0.05, 0) is 6.42 Å². The Morgan fingerprint density at radius 2 is 2.62 bits per heavy atom. The summed E-state index contributed by atoms with van der Waals surface area (Å²) in [5, 5.41) is 7.91. The van der Waals surface area contributed by atoms with Crippen LogP contribution >= 0.6 is 0 Å². The fraction of sp³-hybridized carbons (Fsp3) is 0.750. The second kappa shape index (κ2) is 3.85. The zero-order valence-electron chi connectivity index (χ0n) is 7.52. The fourth-order valence-electron chi connectivity index (χ4n) is 1.51. The average Bonchev–Trinajstić information content (AvgIpc) is 2.76. The topological polar surface area (TPSA) is 66.0 Å². The summed E-state index contributed by atoms with van der Waals surface area (Å²) < 4.78 is 7.12. The fourth-order valence-corrected chi connectivity index (χ4v) is 1.51. The molecule has 1 atom stereocenters. The first-order chi connectivity index (χ1) is 6.38. The number of rotatable bonds is 3. The lowest BCUT2D eigenvalue weighted by atomic mass is 10.1. The molecule has 1 aliphatic heterocycles. The SMILES string of the molecule is NCc1cn(C[C@@H]2CCOC2)nn1. The zero-order valence-corrected chi connectivity index (χ0v) is 7.52. The van der Waals surface area contributed by atoms with Gasteiger partial charge in [-0.3, -0.25) is 4.68 Å². The van der Waals surface area contributed by atoms with E-state index in [0.29, 0.717) is 12.5 Å². The Bertz CT molecular complexity index is 267. The molecule has 0 aliphatic carbocycles. The van der Waals surface area contributed by atoms with Gasteiger partial charge in [0, 0.05) is 31.8 Å². The first-order valence-corrected chi connectivity index (χ1v) is 4.55. The maximum absolute atomic E-state index is 5.43. The summed E-state index contributed by atoms with van der Waals surface area (Å²) in [5.41, 5.74) is 6.28. The summed E-state index contributed by atoms with van der Waals surface area (Å²) in [7, 11) is 0. The van der Waals surface area contributed by atoms with Crippen molar-refractivity contribution in [1.29, 1.82) is 0 Å². The predicted octanol–water partition coefficient (Wildman–Crippen LogP) is -0.227. The van der Waals surface area contributed by atoms with Gasteiger partial charge in [-0.1, -0.05) is 5.21 Å². The van der Waals surface area contributed by atoms with Gasteiger partial charge < -0.3 is 10.5 Å². The van der Waals surface area contributed by atoms with Crippen molar-refractivity contribution in [2.75, 3.05) is 13.2 Å².